The fraction of sp³-hybridized carbons (Fsp3) is 0.737. The highest BCUT2D eigenvalue weighted by Crippen LogP contribution is 2.78. The van der Waals surface area contributed by atoms with Crippen molar-refractivity contribution in [1.29, 1.82) is 0 Å². The Morgan fingerprint density at radius 1 is 1.02 bits per heavy atom. The zero-order valence-electron chi connectivity index (χ0n) is 30.5. The van der Waals surface area contributed by atoms with Crippen molar-refractivity contribution in [2.45, 2.75) is 140 Å². The Balaban J connectivity index is 1.00. The number of aliphatic carboxylic acids is 1. The van der Waals surface area contributed by atoms with Gasteiger partial charge in [0.25, 0.3) is 0 Å². The molecule has 6 rings (SSSR count). The number of amides is 1. The first kappa shape index (κ1) is 37.8. The van der Waals surface area contributed by atoms with Crippen molar-refractivity contribution in [3.8, 4) is 0 Å². The minimum absolute atomic E-state index is 0.0676. The Kier molecular flexibility index (Phi) is 10.8. The van der Waals surface area contributed by atoms with Gasteiger partial charge in [-0.2, -0.15) is 0 Å². The first-order chi connectivity index (χ1) is 24.7. The molecule has 1 spiro atoms. The number of aliphatic imine (C=N–C) groups is 1. The van der Waals surface area contributed by atoms with Crippen LogP contribution in [0.4, 0.5) is 0 Å². The molecule has 0 bridgehead atoms. The molecule has 5 aliphatic rings. The average Bonchev–Trinajstić information content (AvgIpc) is 3.79. The second-order valence-electron chi connectivity index (χ2n) is 16.2. The first-order valence-corrected chi connectivity index (χ1v) is 18.9. The van der Waals surface area contributed by atoms with E-state index < -0.39 is 29.3 Å². The molecule has 14 nitrogen and oxygen atoms in total. The number of esters is 2. The van der Waals surface area contributed by atoms with E-state index in [-0.39, 0.29) is 78.6 Å². The lowest BCUT2D eigenvalue weighted by molar-refractivity contribution is -0.168. The molecule has 1 aromatic heterocycles. The van der Waals surface area contributed by atoms with Crippen molar-refractivity contribution in [2.75, 3.05) is 6.54 Å². The molecular weight excluding hydrogens is 672 g/mol. The van der Waals surface area contributed by atoms with Crippen LogP contribution < -0.4 is 22.4 Å². The van der Waals surface area contributed by atoms with Crippen molar-refractivity contribution >= 4 is 29.8 Å². The van der Waals surface area contributed by atoms with Crippen molar-refractivity contribution < 1.29 is 42.9 Å². The van der Waals surface area contributed by atoms with Crippen LogP contribution in [0.1, 0.15) is 116 Å². The molecule has 4 aliphatic carbocycles. The van der Waals surface area contributed by atoms with E-state index in [9.17, 15) is 29.1 Å². The number of guanidine groups is 1. The summed E-state index contributed by atoms with van der Waals surface area (Å²) in [7, 11) is 0. The standard InChI is InChI=1S/C38H54N4O10/c1-21(43)50-32-31(22-10-13-29(45)49-20-22)37(3)17-15-25-26(38(37)33(32)52-38)12-11-23-19-24(14-16-36(23,25)2)51-30(46)9-5-4-8-28(44)42-27(34(47)48)7-6-18-41-35(39)40/h10,13,20,23-27,31-33H,4-9,11-12,14-19H2,1-3H3,(H,42,44)(H,47,48)(H4,39,40,41). The lowest BCUT2D eigenvalue weighted by Crippen LogP contribution is -2.58. The van der Waals surface area contributed by atoms with Crippen molar-refractivity contribution in [1.82, 2.24) is 5.32 Å². The van der Waals surface area contributed by atoms with E-state index in [1.54, 1.807) is 6.07 Å². The van der Waals surface area contributed by atoms with Gasteiger partial charge in [-0.05, 0) is 105 Å². The van der Waals surface area contributed by atoms with Gasteiger partial charge >= 0.3 is 23.5 Å². The molecule has 1 aliphatic heterocycles. The smallest absolute Gasteiger partial charge is 0.335 e. The van der Waals surface area contributed by atoms with Gasteiger partial charge in [-0.1, -0.05) is 13.8 Å². The molecule has 1 saturated heterocycles. The fourth-order valence-electron chi connectivity index (χ4n) is 11.0. The number of nitrogens with zero attached hydrogens (tertiary/aromatic N) is 1. The van der Waals surface area contributed by atoms with Gasteiger partial charge in [0.15, 0.2) is 5.96 Å². The zero-order chi connectivity index (χ0) is 37.4. The van der Waals surface area contributed by atoms with Crippen molar-refractivity contribution in [3.05, 3.63) is 34.4 Å². The van der Waals surface area contributed by atoms with Crippen LogP contribution in [0.15, 0.2) is 32.6 Å². The first-order valence-electron chi connectivity index (χ1n) is 18.9. The SMILES string of the molecule is CC(=O)OC1C(c2ccc(=O)oc2)C2(C)CCC3C(CCC4CC(OC(=O)CCCCC(=O)NC(CCCN=C(N)N)C(=O)O)CCC43C)C23OC13. The summed E-state index contributed by atoms with van der Waals surface area (Å²) >= 11 is 0. The van der Waals surface area contributed by atoms with Crippen LogP contribution in [0.2, 0.25) is 0 Å². The van der Waals surface area contributed by atoms with Crippen LogP contribution in [0.3, 0.4) is 0 Å². The minimum Gasteiger partial charge on any atom is -0.480 e. The van der Waals surface area contributed by atoms with Crippen LogP contribution in [0.5, 0.6) is 0 Å². The second kappa shape index (κ2) is 14.8. The molecule has 5 fully saturated rings. The number of carbonyl (C=O) groups excluding carboxylic acids is 3. The lowest BCUT2D eigenvalue weighted by atomic mass is 9.44. The minimum atomic E-state index is -1.12. The van der Waals surface area contributed by atoms with Gasteiger partial charge < -0.3 is 40.5 Å². The Morgan fingerprint density at radius 2 is 1.79 bits per heavy atom. The summed E-state index contributed by atoms with van der Waals surface area (Å²) in [6.45, 7) is 6.39. The predicted octanol–water partition coefficient (Wildman–Crippen LogP) is 3.53. The van der Waals surface area contributed by atoms with E-state index in [2.05, 4.69) is 24.2 Å². The highest BCUT2D eigenvalue weighted by molar-refractivity contribution is 5.83. The number of carbonyl (C=O) groups is 4. The summed E-state index contributed by atoms with van der Waals surface area (Å²) < 4.78 is 24.0. The molecule has 1 aromatic rings. The van der Waals surface area contributed by atoms with Crippen LogP contribution >= 0.6 is 0 Å². The summed E-state index contributed by atoms with van der Waals surface area (Å²) in [6.07, 6.45) is 9.07. The Hall–Kier alpha value is -3.94. The fourth-order valence-corrected chi connectivity index (χ4v) is 11.0. The van der Waals surface area contributed by atoms with Gasteiger partial charge in [0.2, 0.25) is 5.91 Å². The number of unbranched alkanes of at least 4 members (excludes halogenated alkanes) is 1. The summed E-state index contributed by atoms with van der Waals surface area (Å²) in [5, 5.41) is 12.0. The van der Waals surface area contributed by atoms with Gasteiger partial charge in [-0.3, -0.25) is 19.4 Å². The van der Waals surface area contributed by atoms with Crippen LogP contribution in [-0.4, -0.2) is 71.4 Å². The largest absolute Gasteiger partial charge is 0.480 e. The van der Waals surface area contributed by atoms with E-state index in [4.69, 9.17) is 30.1 Å². The third-order valence-corrected chi connectivity index (χ3v) is 13.4. The summed E-state index contributed by atoms with van der Waals surface area (Å²) in [5.74, 6) is -1.16. The van der Waals surface area contributed by atoms with Gasteiger partial charge in [0.1, 0.15) is 30.0 Å². The van der Waals surface area contributed by atoms with Crippen molar-refractivity contribution in [3.63, 3.8) is 0 Å². The molecule has 0 aromatic carbocycles. The van der Waals surface area contributed by atoms with Gasteiger partial charge in [0.05, 0.1) is 6.26 Å². The van der Waals surface area contributed by atoms with Crippen LogP contribution in [-0.2, 0) is 33.4 Å². The molecule has 11 unspecified atom stereocenters. The highest BCUT2D eigenvalue weighted by atomic mass is 16.7. The van der Waals surface area contributed by atoms with E-state index in [0.29, 0.717) is 37.0 Å². The van der Waals surface area contributed by atoms with E-state index in [1.165, 1.54) is 19.3 Å². The second-order valence-corrected chi connectivity index (χ2v) is 16.2. The number of hydrogen-bond acceptors (Lipinski definition) is 10. The number of carboxylic acids is 1. The normalized spacial score (nSPS) is 36.1. The number of epoxide rings is 1. The maximum Gasteiger partial charge on any atom is 0.335 e. The predicted molar refractivity (Wildman–Crippen MR) is 188 cm³/mol. The quantitative estimate of drug-likeness (QED) is 0.0710. The molecular formula is C38H54N4O10. The molecule has 286 valence electrons. The van der Waals surface area contributed by atoms with Crippen LogP contribution in [0, 0.1) is 28.6 Å². The number of nitrogens with two attached hydrogens (primary N) is 2. The molecule has 11 atom stereocenters. The van der Waals surface area contributed by atoms with Crippen LogP contribution in [0.25, 0.3) is 0 Å². The molecule has 0 radical (unpaired) electrons. The topological polar surface area (TPSA) is 226 Å². The molecule has 6 N–H and O–H groups in total. The summed E-state index contributed by atoms with van der Waals surface area (Å²) in [5.41, 5.74) is 10.4. The summed E-state index contributed by atoms with van der Waals surface area (Å²) in [4.78, 5) is 64.7. The Labute approximate surface area is 303 Å². The highest BCUT2D eigenvalue weighted by Gasteiger charge is 2.84. The average molecular weight is 727 g/mol. The van der Waals surface area contributed by atoms with E-state index in [0.717, 1.165) is 50.5 Å². The molecule has 14 heteroatoms. The van der Waals surface area contributed by atoms with Gasteiger partial charge in [-0.25, -0.2) is 9.59 Å². The van der Waals surface area contributed by atoms with Gasteiger partial charge in [0, 0.05) is 43.7 Å². The Bertz CT molecular complexity index is 1610. The molecule has 2 heterocycles. The number of carboxylic acid groups (broad SMARTS) is 1. The number of nitrogens with one attached hydrogen (secondary N) is 1. The number of rotatable bonds is 14. The molecule has 52 heavy (non-hydrogen) atoms. The monoisotopic (exact) mass is 726 g/mol. The van der Waals surface area contributed by atoms with Gasteiger partial charge in [-0.15, -0.1) is 0 Å². The third-order valence-electron chi connectivity index (χ3n) is 13.4. The van der Waals surface area contributed by atoms with Crippen molar-refractivity contribution in [2.24, 2.45) is 45.0 Å². The lowest BCUT2D eigenvalue weighted by Gasteiger charge is -2.61. The number of fused-ring (bicyclic) bond motifs is 3. The zero-order valence-corrected chi connectivity index (χ0v) is 30.5. The number of hydrogen-bond donors (Lipinski definition) is 4. The molecule has 1 amide bonds. The van der Waals surface area contributed by atoms with E-state index >= 15 is 0 Å². The van der Waals surface area contributed by atoms with E-state index in [1.807, 2.05) is 0 Å². The summed E-state index contributed by atoms with van der Waals surface area (Å²) in [6, 6.07) is 2.21. The maximum absolute atomic E-state index is 12.9. The Morgan fingerprint density at radius 3 is 2.48 bits per heavy atom. The maximum atomic E-state index is 12.9. The number of ether oxygens (including phenoxy) is 3. The molecule has 4 saturated carbocycles. The third kappa shape index (κ3) is 7.06.